The highest BCUT2D eigenvalue weighted by Gasteiger charge is 2.15. The van der Waals surface area contributed by atoms with Crippen LogP contribution in [0.1, 0.15) is 21.6 Å². The maximum atomic E-state index is 12.0. The molecule has 1 aromatic heterocycles. The van der Waals surface area contributed by atoms with Gasteiger partial charge in [-0.3, -0.25) is 4.98 Å². The predicted molar refractivity (Wildman–Crippen MR) is 97.1 cm³/mol. The number of benzene rings is 2. The normalized spacial score (nSPS) is 10.2. The molecule has 3 aromatic rings. The summed E-state index contributed by atoms with van der Waals surface area (Å²) >= 11 is 0. The zero-order valence-electron chi connectivity index (χ0n) is 14.4. The minimum Gasteiger partial charge on any atom is -0.489 e. The Kier molecular flexibility index (Phi) is 5.83. The molecule has 0 aliphatic heterocycles. The van der Waals surface area contributed by atoms with Crippen LogP contribution in [0, 0.1) is 0 Å². The summed E-state index contributed by atoms with van der Waals surface area (Å²) in [5.74, 6) is 0.543. The van der Waals surface area contributed by atoms with E-state index < -0.39 is 5.97 Å². The summed E-state index contributed by atoms with van der Waals surface area (Å²) in [5, 5.41) is 0. The second kappa shape index (κ2) is 8.67. The lowest BCUT2D eigenvalue weighted by molar-refractivity contribution is 0.0595. The molecule has 0 N–H and O–H groups in total. The van der Waals surface area contributed by atoms with Gasteiger partial charge in [-0.2, -0.15) is 0 Å². The van der Waals surface area contributed by atoms with Crippen LogP contribution in [0.5, 0.6) is 11.5 Å². The quantitative estimate of drug-likeness (QED) is 0.603. The van der Waals surface area contributed by atoms with Gasteiger partial charge >= 0.3 is 5.97 Å². The van der Waals surface area contributed by atoms with E-state index in [9.17, 15) is 4.79 Å². The number of esters is 1. The van der Waals surface area contributed by atoms with Crippen LogP contribution in [0.2, 0.25) is 0 Å². The summed E-state index contributed by atoms with van der Waals surface area (Å²) in [6.07, 6.45) is 1.69. The molecule has 1 heterocycles. The molecule has 0 fully saturated rings. The highest BCUT2D eigenvalue weighted by atomic mass is 16.5. The van der Waals surface area contributed by atoms with Crippen LogP contribution in [0.3, 0.4) is 0 Å². The SMILES string of the molecule is COC(=O)c1ccc(OCc2ccccc2)cc1OCc1ccccn1. The highest BCUT2D eigenvalue weighted by molar-refractivity contribution is 5.92. The Labute approximate surface area is 152 Å². The van der Waals surface area contributed by atoms with Gasteiger partial charge < -0.3 is 14.2 Å². The standard InChI is InChI=1S/C21H19NO4/c1-24-21(23)19-11-10-18(25-14-16-7-3-2-4-8-16)13-20(19)26-15-17-9-5-6-12-22-17/h2-13H,14-15H2,1H3. The van der Waals surface area contributed by atoms with Crippen molar-refractivity contribution in [3.8, 4) is 11.5 Å². The van der Waals surface area contributed by atoms with Gasteiger partial charge in [-0.25, -0.2) is 4.79 Å². The van der Waals surface area contributed by atoms with Crippen LogP contribution in [0.15, 0.2) is 72.9 Å². The number of carbonyl (C=O) groups is 1. The van der Waals surface area contributed by atoms with Crippen molar-refractivity contribution in [2.75, 3.05) is 7.11 Å². The van der Waals surface area contributed by atoms with Crippen LogP contribution in [-0.4, -0.2) is 18.1 Å². The van der Waals surface area contributed by atoms with Crippen LogP contribution in [0.4, 0.5) is 0 Å². The van der Waals surface area contributed by atoms with E-state index in [0.29, 0.717) is 23.7 Å². The van der Waals surface area contributed by atoms with Crippen molar-refractivity contribution < 1.29 is 19.0 Å². The second-order valence-corrected chi connectivity index (χ2v) is 5.53. The number of ether oxygens (including phenoxy) is 3. The van der Waals surface area contributed by atoms with Gasteiger partial charge in [-0.15, -0.1) is 0 Å². The Bertz CT molecular complexity index is 850. The molecule has 0 atom stereocenters. The monoisotopic (exact) mass is 349 g/mol. The van der Waals surface area contributed by atoms with E-state index in [1.807, 2.05) is 48.5 Å². The molecule has 0 bridgehead atoms. The summed E-state index contributed by atoms with van der Waals surface area (Å²) in [6.45, 7) is 0.672. The molecule has 0 aliphatic carbocycles. The molecule has 26 heavy (non-hydrogen) atoms. The first-order chi connectivity index (χ1) is 12.8. The molecule has 0 radical (unpaired) electrons. The average Bonchev–Trinajstić information content (AvgIpc) is 2.71. The Morgan fingerprint density at radius 1 is 0.923 bits per heavy atom. The fraction of sp³-hybridized carbons (Fsp3) is 0.143. The molecule has 0 saturated carbocycles. The molecule has 0 saturated heterocycles. The van der Waals surface area contributed by atoms with Crippen molar-refractivity contribution in [2.24, 2.45) is 0 Å². The first-order valence-electron chi connectivity index (χ1n) is 8.18. The molecule has 132 valence electrons. The molecule has 0 unspecified atom stereocenters. The number of aromatic nitrogens is 1. The fourth-order valence-corrected chi connectivity index (χ4v) is 2.37. The van der Waals surface area contributed by atoms with E-state index in [1.165, 1.54) is 7.11 Å². The lowest BCUT2D eigenvalue weighted by Crippen LogP contribution is -2.07. The van der Waals surface area contributed by atoms with Crippen molar-refractivity contribution in [1.82, 2.24) is 4.98 Å². The van der Waals surface area contributed by atoms with Crippen molar-refractivity contribution in [1.29, 1.82) is 0 Å². The number of pyridine rings is 1. The summed E-state index contributed by atoms with van der Waals surface area (Å²) < 4.78 is 16.4. The molecule has 0 amide bonds. The zero-order chi connectivity index (χ0) is 18.2. The van der Waals surface area contributed by atoms with Crippen LogP contribution in [-0.2, 0) is 18.0 Å². The van der Waals surface area contributed by atoms with Gasteiger partial charge in [-0.1, -0.05) is 36.4 Å². The van der Waals surface area contributed by atoms with Crippen molar-refractivity contribution >= 4 is 5.97 Å². The largest absolute Gasteiger partial charge is 0.489 e. The lowest BCUT2D eigenvalue weighted by Gasteiger charge is -2.13. The lowest BCUT2D eigenvalue weighted by atomic mass is 10.2. The number of rotatable bonds is 7. The maximum Gasteiger partial charge on any atom is 0.341 e. The van der Waals surface area contributed by atoms with Gasteiger partial charge in [0.2, 0.25) is 0 Å². The molecule has 3 rings (SSSR count). The fourth-order valence-electron chi connectivity index (χ4n) is 2.37. The highest BCUT2D eigenvalue weighted by Crippen LogP contribution is 2.27. The van der Waals surface area contributed by atoms with Gasteiger partial charge in [0, 0.05) is 12.3 Å². The first kappa shape index (κ1) is 17.5. The van der Waals surface area contributed by atoms with E-state index in [4.69, 9.17) is 14.2 Å². The van der Waals surface area contributed by atoms with Gasteiger partial charge in [0.05, 0.1) is 12.8 Å². The van der Waals surface area contributed by atoms with E-state index in [2.05, 4.69) is 4.98 Å². The van der Waals surface area contributed by atoms with Gasteiger partial charge in [0.25, 0.3) is 0 Å². The van der Waals surface area contributed by atoms with Crippen molar-refractivity contribution in [3.63, 3.8) is 0 Å². The van der Waals surface area contributed by atoms with Gasteiger partial charge in [0.1, 0.15) is 30.3 Å². The van der Waals surface area contributed by atoms with E-state index in [0.717, 1.165) is 11.3 Å². The Hall–Kier alpha value is -3.34. The van der Waals surface area contributed by atoms with Crippen molar-refractivity contribution in [3.05, 3.63) is 89.7 Å². The van der Waals surface area contributed by atoms with Gasteiger partial charge in [-0.05, 0) is 29.8 Å². The Morgan fingerprint density at radius 3 is 2.46 bits per heavy atom. The Morgan fingerprint density at radius 2 is 1.73 bits per heavy atom. The van der Waals surface area contributed by atoms with Crippen molar-refractivity contribution in [2.45, 2.75) is 13.2 Å². The molecule has 0 spiro atoms. The number of methoxy groups -OCH3 is 1. The van der Waals surface area contributed by atoms with Crippen LogP contribution < -0.4 is 9.47 Å². The molecule has 0 aliphatic rings. The van der Waals surface area contributed by atoms with E-state index in [-0.39, 0.29) is 6.61 Å². The second-order valence-electron chi connectivity index (χ2n) is 5.53. The zero-order valence-corrected chi connectivity index (χ0v) is 14.4. The number of carbonyl (C=O) groups excluding carboxylic acids is 1. The minimum atomic E-state index is -0.462. The van der Waals surface area contributed by atoms with Crippen LogP contribution >= 0.6 is 0 Å². The van der Waals surface area contributed by atoms with E-state index >= 15 is 0 Å². The molecule has 5 nitrogen and oxygen atoms in total. The third-order valence-electron chi connectivity index (χ3n) is 3.71. The minimum absolute atomic E-state index is 0.243. The molecule has 5 heteroatoms. The maximum absolute atomic E-state index is 12.0. The number of hydrogen-bond donors (Lipinski definition) is 0. The molecular weight excluding hydrogens is 330 g/mol. The molecular formula is C21H19NO4. The summed E-state index contributed by atoms with van der Waals surface area (Å²) in [7, 11) is 1.34. The third-order valence-corrected chi connectivity index (χ3v) is 3.71. The smallest absolute Gasteiger partial charge is 0.341 e. The number of nitrogens with zero attached hydrogens (tertiary/aromatic N) is 1. The summed E-state index contributed by atoms with van der Waals surface area (Å²) in [6, 6.07) is 20.5. The molecule has 2 aromatic carbocycles. The average molecular weight is 349 g/mol. The summed E-state index contributed by atoms with van der Waals surface area (Å²) in [5.41, 5.74) is 2.16. The first-order valence-corrected chi connectivity index (χ1v) is 8.18. The summed E-state index contributed by atoms with van der Waals surface area (Å²) in [4.78, 5) is 16.2. The number of hydrogen-bond acceptors (Lipinski definition) is 5. The van der Waals surface area contributed by atoms with Gasteiger partial charge in [0.15, 0.2) is 0 Å². The topological polar surface area (TPSA) is 57.7 Å². The predicted octanol–water partition coefficient (Wildman–Crippen LogP) is 4.03. The third kappa shape index (κ3) is 4.60. The Balaban J connectivity index is 1.76. The van der Waals surface area contributed by atoms with E-state index in [1.54, 1.807) is 24.4 Å². The van der Waals surface area contributed by atoms with Crippen LogP contribution in [0.25, 0.3) is 0 Å².